The molecule has 3 aromatic rings. The van der Waals surface area contributed by atoms with Crippen molar-refractivity contribution in [1.29, 1.82) is 0 Å². The summed E-state index contributed by atoms with van der Waals surface area (Å²) < 4.78 is 20.8. The summed E-state index contributed by atoms with van der Waals surface area (Å²) in [5, 5.41) is 15.7. The molecule has 4 rings (SSSR count). The summed E-state index contributed by atoms with van der Waals surface area (Å²) in [6, 6.07) is 5.94. The van der Waals surface area contributed by atoms with E-state index in [0.29, 0.717) is 17.7 Å². The Morgan fingerprint density at radius 1 is 1.31 bits per heavy atom. The van der Waals surface area contributed by atoms with E-state index in [4.69, 9.17) is 4.74 Å². The van der Waals surface area contributed by atoms with E-state index in [1.54, 1.807) is 12.1 Å². The summed E-state index contributed by atoms with van der Waals surface area (Å²) in [4.78, 5) is 41.1. The second-order valence-electron chi connectivity index (χ2n) is 7.51. The van der Waals surface area contributed by atoms with Crippen molar-refractivity contribution in [2.75, 3.05) is 13.6 Å². The van der Waals surface area contributed by atoms with Crippen LogP contribution in [0.4, 0.5) is 4.39 Å². The number of halogens is 1. The minimum atomic E-state index is -0.734. The maximum absolute atomic E-state index is 13.3. The van der Waals surface area contributed by atoms with E-state index >= 15 is 0 Å². The third-order valence-electron chi connectivity index (χ3n) is 5.28. The number of hydrogen-bond acceptors (Lipinski definition) is 6. The first kappa shape index (κ1) is 21.3. The van der Waals surface area contributed by atoms with Crippen molar-refractivity contribution in [3.05, 3.63) is 63.3 Å². The Morgan fingerprint density at radius 3 is 2.69 bits per heavy atom. The maximum atomic E-state index is 13.3. The number of hydrogen-bond donors (Lipinski definition) is 3. The zero-order valence-electron chi connectivity index (χ0n) is 17.4. The minimum absolute atomic E-state index is 0.0502. The summed E-state index contributed by atoms with van der Waals surface area (Å²) in [7, 11) is 1.36. The molecule has 0 radical (unpaired) electrons. The van der Waals surface area contributed by atoms with Gasteiger partial charge in [0.2, 0.25) is 5.91 Å². The number of aromatic hydroxyl groups is 1. The molecule has 1 aliphatic heterocycles. The molecule has 32 heavy (non-hydrogen) atoms. The van der Waals surface area contributed by atoms with Gasteiger partial charge in [-0.25, -0.2) is 4.39 Å². The van der Waals surface area contributed by atoms with Crippen LogP contribution >= 0.6 is 0 Å². The summed E-state index contributed by atoms with van der Waals surface area (Å²) >= 11 is 0. The zero-order chi connectivity index (χ0) is 23.0. The molecular weight excluding hydrogens is 419 g/mol. The number of aromatic nitrogens is 2. The molecule has 3 N–H and O–H groups in total. The summed E-state index contributed by atoms with van der Waals surface area (Å²) in [5.41, 5.74) is 0.614. The van der Waals surface area contributed by atoms with Crippen molar-refractivity contribution in [1.82, 2.24) is 20.2 Å². The number of carbonyl (C=O) groups excluding carboxylic acids is 2. The standard InChI is InChI=1S/C22H21FN4O5/c1-11(28)25-9-15-10-27-18-17(19(29)16(22(27)31)21(30)24-2)26-8-13(20(18)32-15)7-12-3-5-14(23)6-4-12/h3-6,8,15,29H,7,9-10H2,1-2H3,(H,24,30)(H,25,28)/t15-/m1/s1. The smallest absolute Gasteiger partial charge is 0.268 e. The van der Waals surface area contributed by atoms with Crippen LogP contribution in [-0.2, 0) is 17.8 Å². The topological polar surface area (TPSA) is 123 Å². The predicted octanol–water partition coefficient (Wildman–Crippen LogP) is 1.09. The lowest BCUT2D eigenvalue weighted by molar-refractivity contribution is -0.119. The van der Waals surface area contributed by atoms with Crippen molar-refractivity contribution in [3.8, 4) is 11.5 Å². The van der Waals surface area contributed by atoms with E-state index in [9.17, 15) is 23.9 Å². The van der Waals surface area contributed by atoms with Gasteiger partial charge in [0.1, 0.15) is 28.5 Å². The van der Waals surface area contributed by atoms with E-state index in [1.807, 2.05) is 0 Å². The predicted molar refractivity (Wildman–Crippen MR) is 113 cm³/mol. The van der Waals surface area contributed by atoms with Crippen LogP contribution in [-0.4, -0.2) is 46.2 Å². The lowest BCUT2D eigenvalue weighted by Gasteiger charge is -2.29. The van der Waals surface area contributed by atoms with Gasteiger partial charge in [-0.15, -0.1) is 0 Å². The highest BCUT2D eigenvalue weighted by Crippen LogP contribution is 2.37. The fraction of sp³-hybridized carbons (Fsp3) is 0.273. The van der Waals surface area contributed by atoms with Gasteiger partial charge in [0.15, 0.2) is 11.5 Å². The molecule has 0 unspecified atom stereocenters. The van der Waals surface area contributed by atoms with Crippen molar-refractivity contribution in [2.45, 2.75) is 26.0 Å². The Balaban J connectivity index is 1.90. The van der Waals surface area contributed by atoms with Gasteiger partial charge < -0.3 is 20.5 Å². The van der Waals surface area contributed by atoms with Gasteiger partial charge in [-0.3, -0.25) is 23.9 Å². The normalized spacial score (nSPS) is 14.7. The van der Waals surface area contributed by atoms with Gasteiger partial charge in [-0.05, 0) is 17.7 Å². The largest absolute Gasteiger partial charge is 0.505 e. The number of benzene rings is 1. The molecule has 0 fully saturated rings. The molecule has 166 valence electrons. The first-order valence-electron chi connectivity index (χ1n) is 9.95. The summed E-state index contributed by atoms with van der Waals surface area (Å²) in [6.45, 7) is 1.56. The van der Waals surface area contributed by atoms with Crippen LogP contribution < -0.4 is 20.9 Å². The lowest BCUT2D eigenvalue weighted by Crippen LogP contribution is -2.43. The van der Waals surface area contributed by atoms with Crippen molar-refractivity contribution in [2.24, 2.45) is 0 Å². The van der Waals surface area contributed by atoms with E-state index in [1.165, 1.54) is 36.9 Å². The molecule has 3 heterocycles. The van der Waals surface area contributed by atoms with Crippen molar-refractivity contribution >= 4 is 22.8 Å². The number of pyridine rings is 2. The van der Waals surface area contributed by atoms with E-state index in [-0.39, 0.29) is 35.8 Å². The number of carbonyl (C=O) groups is 2. The number of nitrogens with zero attached hydrogens (tertiary/aromatic N) is 2. The molecule has 2 aromatic heterocycles. The monoisotopic (exact) mass is 440 g/mol. The molecular formula is C22H21FN4O5. The van der Waals surface area contributed by atoms with Crippen molar-refractivity contribution in [3.63, 3.8) is 0 Å². The Bertz CT molecular complexity index is 1290. The van der Waals surface area contributed by atoms with Crippen LogP contribution in [0.1, 0.15) is 28.4 Å². The van der Waals surface area contributed by atoms with Crippen LogP contribution in [0.3, 0.4) is 0 Å². The average Bonchev–Trinajstić information content (AvgIpc) is 2.78. The number of nitrogens with one attached hydrogen (secondary N) is 2. The van der Waals surface area contributed by atoms with Gasteiger partial charge in [0, 0.05) is 32.2 Å². The fourth-order valence-corrected chi connectivity index (χ4v) is 3.76. The van der Waals surface area contributed by atoms with Gasteiger partial charge in [0.25, 0.3) is 11.5 Å². The summed E-state index contributed by atoms with van der Waals surface area (Å²) in [5.74, 6) is -1.56. The molecule has 1 aromatic carbocycles. The Hall–Kier alpha value is -3.95. The number of rotatable bonds is 5. The van der Waals surface area contributed by atoms with Gasteiger partial charge in [-0.2, -0.15) is 0 Å². The molecule has 9 nitrogen and oxygen atoms in total. The van der Waals surface area contributed by atoms with Crippen LogP contribution in [0.15, 0.2) is 35.3 Å². The van der Waals surface area contributed by atoms with Crippen LogP contribution in [0.5, 0.6) is 11.5 Å². The van der Waals surface area contributed by atoms with E-state index in [0.717, 1.165) is 5.56 Å². The molecule has 0 aliphatic carbocycles. The number of amides is 2. The Labute approximate surface area is 181 Å². The second kappa shape index (κ2) is 8.29. The molecule has 0 saturated carbocycles. The molecule has 1 aliphatic rings. The van der Waals surface area contributed by atoms with Gasteiger partial charge in [0.05, 0.1) is 13.1 Å². The third-order valence-corrected chi connectivity index (χ3v) is 5.28. The number of ether oxygens (including phenoxy) is 1. The van der Waals surface area contributed by atoms with E-state index < -0.39 is 28.9 Å². The van der Waals surface area contributed by atoms with Crippen LogP contribution in [0.2, 0.25) is 0 Å². The van der Waals surface area contributed by atoms with Crippen LogP contribution in [0.25, 0.3) is 11.0 Å². The first-order chi connectivity index (χ1) is 15.3. The zero-order valence-corrected chi connectivity index (χ0v) is 17.4. The highest BCUT2D eigenvalue weighted by atomic mass is 19.1. The molecule has 0 saturated heterocycles. The molecule has 1 atom stereocenters. The average molecular weight is 440 g/mol. The first-order valence-corrected chi connectivity index (χ1v) is 9.95. The van der Waals surface area contributed by atoms with Gasteiger partial charge in [-0.1, -0.05) is 12.1 Å². The highest BCUT2D eigenvalue weighted by Gasteiger charge is 2.31. The van der Waals surface area contributed by atoms with E-state index in [2.05, 4.69) is 15.6 Å². The lowest BCUT2D eigenvalue weighted by atomic mass is 10.0. The minimum Gasteiger partial charge on any atom is -0.505 e. The molecule has 0 spiro atoms. The quantitative estimate of drug-likeness (QED) is 0.546. The highest BCUT2D eigenvalue weighted by molar-refractivity contribution is 6.02. The van der Waals surface area contributed by atoms with Gasteiger partial charge >= 0.3 is 0 Å². The van der Waals surface area contributed by atoms with Crippen LogP contribution in [0, 0.1) is 5.82 Å². The molecule has 2 amide bonds. The maximum Gasteiger partial charge on any atom is 0.268 e. The third kappa shape index (κ3) is 3.75. The Morgan fingerprint density at radius 2 is 2.03 bits per heavy atom. The summed E-state index contributed by atoms with van der Waals surface area (Å²) in [6.07, 6.45) is 1.23. The second-order valence-corrected chi connectivity index (χ2v) is 7.51. The SMILES string of the molecule is CNC(=O)c1c(O)c2ncc(Cc3ccc(F)cc3)c3c2n(c1=O)C[C@@H](CNC(C)=O)O3. The molecule has 0 bridgehead atoms. The Kier molecular flexibility index (Phi) is 5.52. The fourth-order valence-electron chi connectivity index (χ4n) is 3.76. The van der Waals surface area contributed by atoms with Crippen molar-refractivity contribution < 1.29 is 23.8 Å². The molecule has 10 heteroatoms.